The Morgan fingerprint density at radius 3 is 2.48 bits per heavy atom. The number of hydrogen-bond acceptors (Lipinski definition) is 5. The second-order valence-corrected chi connectivity index (χ2v) is 10.2. The molecule has 40 heavy (non-hydrogen) atoms. The van der Waals surface area contributed by atoms with Crippen LogP contribution < -0.4 is 10.6 Å². The lowest BCUT2D eigenvalue weighted by Crippen LogP contribution is -2.14. The summed E-state index contributed by atoms with van der Waals surface area (Å²) in [6.07, 6.45) is 12.4. The van der Waals surface area contributed by atoms with Gasteiger partial charge in [-0.2, -0.15) is 4.98 Å². The molecule has 7 nitrogen and oxygen atoms in total. The van der Waals surface area contributed by atoms with E-state index >= 15 is 0 Å². The summed E-state index contributed by atoms with van der Waals surface area (Å²) in [7, 11) is -1.49. The first kappa shape index (κ1) is 30.0. The SMILES string of the molecule is C=C/C=C\C(=C/C)C(=C)/C=C\N=C(C)Nc1cc(NC(=O)c2nc(S(C)=O)oc2-c2ccc(C)cc2)ccc1C. The molecule has 0 radical (unpaired) electrons. The normalized spacial score (nSPS) is 13.0. The number of benzene rings is 2. The third kappa shape index (κ3) is 7.97. The average molecular weight is 555 g/mol. The molecule has 3 rings (SSSR count). The third-order valence-corrected chi connectivity index (χ3v) is 6.50. The molecule has 3 aromatic rings. The molecule has 2 aromatic carbocycles. The largest absolute Gasteiger partial charge is 0.429 e. The van der Waals surface area contributed by atoms with Crippen molar-refractivity contribution in [2.75, 3.05) is 16.9 Å². The van der Waals surface area contributed by atoms with Crippen LogP contribution in [0.3, 0.4) is 0 Å². The fourth-order valence-electron chi connectivity index (χ4n) is 3.63. The van der Waals surface area contributed by atoms with Crippen LogP contribution in [0.25, 0.3) is 11.3 Å². The zero-order valence-corrected chi connectivity index (χ0v) is 24.3. The summed E-state index contributed by atoms with van der Waals surface area (Å²) < 4.78 is 17.8. The van der Waals surface area contributed by atoms with Crippen molar-refractivity contribution in [3.8, 4) is 11.3 Å². The predicted molar refractivity (Wildman–Crippen MR) is 166 cm³/mol. The topological polar surface area (TPSA) is 96.6 Å². The third-order valence-electron chi connectivity index (χ3n) is 5.83. The summed E-state index contributed by atoms with van der Waals surface area (Å²) in [4.78, 5) is 22.0. The summed E-state index contributed by atoms with van der Waals surface area (Å²) in [6.45, 7) is 15.5. The van der Waals surface area contributed by atoms with E-state index in [0.29, 0.717) is 17.1 Å². The molecule has 0 aliphatic rings. The van der Waals surface area contributed by atoms with E-state index in [9.17, 15) is 9.00 Å². The van der Waals surface area contributed by atoms with Crippen LogP contribution in [-0.2, 0) is 10.8 Å². The molecule has 1 heterocycles. The van der Waals surface area contributed by atoms with Crippen LogP contribution >= 0.6 is 0 Å². The predicted octanol–water partition coefficient (Wildman–Crippen LogP) is 7.54. The van der Waals surface area contributed by atoms with Crippen LogP contribution in [0.4, 0.5) is 11.4 Å². The number of nitrogens with zero attached hydrogens (tertiary/aromatic N) is 2. The van der Waals surface area contributed by atoms with Gasteiger partial charge in [0.05, 0.1) is 0 Å². The lowest BCUT2D eigenvalue weighted by Gasteiger charge is -2.12. The molecule has 2 N–H and O–H groups in total. The number of carbonyl (C=O) groups is 1. The number of oxazole rings is 1. The second-order valence-electron chi connectivity index (χ2n) is 8.98. The second kappa shape index (κ2) is 14.0. The highest BCUT2D eigenvalue weighted by Gasteiger charge is 2.23. The van der Waals surface area contributed by atoms with Gasteiger partial charge in [0.1, 0.15) is 16.6 Å². The number of aryl methyl sites for hydroxylation is 2. The van der Waals surface area contributed by atoms with Gasteiger partial charge in [0.15, 0.2) is 11.5 Å². The minimum atomic E-state index is -1.49. The number of amides is 1. The molecule has 1 atom stereocenters. The molecule has 1 amide bonds. The minimum Gasteiger partial charge on any atom is -0.429 e. The van der Waals surface area contributed by atoms with Crippen molar-refractivity contribution < 1.29 is 13.4 Å². The van der Waals surface area contributed by atoms with E-state index in [-0.39, 0.29) is 16.7 Å². The highest BCUT2D eigenvalue weighted by atomic mass is 32.2. The molecular weight excluding hydrogens is 520 g/mol. The maximum atomic E-state index is 13.3. The van der Waals surface area contributed by atoms with E-state index in [1.807, 2.05) is 88.4 Å². The fraction of sp³-hybridized carbons (Fsp3) is 0.156. The highest BCUT2D eigenvalue weighted by Crippen LogP contribution is 2.28. The zero-order valence-electron chi connectivity index (χ0n) is 23.4. The maximum absolute atomic E-state index is 13.3. The van der Waals surface area contributed by atoms with Gasteiger partial charge < -0.3 is 15.1 Å². The van der Waals surface area contributed by atoms with Crippen molar-refractivity contribution in [1.29, 1.82) is 0 Å². The first-order chi connectivity index (χ1) is 19.1. The summed E-state index contributed by atoms with van der Waals surface area (Å²) in [5.41, 5.74) is 5.91. The quantitative estimate of drug-likeness (QED) is 0.153. The van der Waals surface area contributed by atoms with E-state index in [0.717, 1.165) is 28.0 Å². The van der Waals surface area contributed by atoms with Crippen molar-refractivity contribution in [2.45, 2.75) is 32.9 Å². The number of carbonyl (C=O) groups excluding carboxylic acids is 1. The Hall–Kier alpha value is -4.56. The molecule has 1 unspecified atom stereocenters. The molecule has 0 bridgehead atoms. The molecule has 8 heteroatoms. The van der Waals surface area contributed by atoms with Crippen molar-refractivity contribution in [2.24, 2.45) is 4.99 Å². The van der Waals surface area contributed by atoms with Crippen LogP contribution in [0.5, 0.6) is 0 Å². The Bertz CT molecular complexity index is 1560. The monoisotopic (exact) mass is 554 g/mol. The van der Waals surface area contributed by atoms with Gasteiger partial charge in [-0.1, -0.05) is 73.4 Å². The van der Waals surface area contributed by atoms with E-state index in [1.165, 1.54) is 6.26 Å². The van der Waals surface area contributed by atoms with Crippen molar-refractivity contribution >= 4 is 33.9 Å². The number of aromatic nitrogens is 1. The zero-order chi connectivity index (χ0) is 29.2. The Labute approximate surface area is 238 Å². The van der Waals surface area contributed by atoms with Gasteiger partial charge in [0.25, 0.3) is 11.1 Å². The highest BCUT2D eigenvalue weighted by molar-refractivity contribution is 7.84. The van der Waals surface area contributed by atoms with Gasteiger partial charge in [-0.05, 0) is 62.6 Å². The van der Waals surface area contributed by atoms with Gasteiger partial charge in [-0.15, -0.1) is 0 Å². The first-order valence-electron chi connectivity index (χ1n) is 12.6. The van der Waals surface area contributed by atoms with E-state index < -0.39 is 16.7 Å². The van der Waals surface area contributed by atoms with Crippen LogP contribution in [0.2, 0.25) is 0 Å². The van der Waals surface area contributed by atoms with Crippen LogP contribution in [0.1, 0.15) is 35.5 Å². The number of allylic oxidation sites excluding steroid dienone is 7. The molecule has 1 aromatic heterocycles. The average Bonchev–Trinajstić information content (AvgIpc) is 3.38. The first-order valence-corrected chi connectivity index (χ1v) is 14.1. The molecule has 0 aliphatic carbocycles. The maximum Gasteiger partial charge on any atom is 0.287 e. The molecular formula is C32H34N4O3S. The summed E-state index contributed by atoms with van der Waals surface area (Å²) in [5, 5.41) is 6.15. The Morgan fingerprint density at radius 2 is 1.82 bits per heavy atom. The minimum absolute atomic E-state index is 0.00663. The molecule has 206 valence electrons. The summed E-state index contributed by atoms with van der Waals surface area (Å²) in [6, 6.07) is 13.0. The molecule has 0 saturated heterocycles. The van der Waals surface area contributed by atoms with E-state index in [2.05, 4.69) is 33.8 Å². The number of nitrogens with one attached hydrogen (secondary N) is 2. The van der Waals surface area contributed by atoms with Crippen LogP contribution in [0.15, 0.2) is 118 Å². The van der Waals surface area contributed by atoms with Gasteiger partial charge in [0, 0.05) is 29.4 Å². The van der Waals surface area contributed by atoms with Crippen molar-refractivity contribution in [1.82, 2.24) is 4.98 Å². The molecule has 0 saturated carbocycles. The van der Waals surface area contributed by atoms with Crippen molar-refractivity contribution in [3.05, 3.63) is 120 Å². The summed E-state index contributed by atoms with van der Waals surface area (Å²) in [5.74, 6) is 0.459. The number of anilines is 2. The Kier molecular flexibility index (Phi) is 10.5. The van der Waals surface area contributed by atoms with E-state index in [1.54, 1.807) is 18.3 Å². The number of amidine groups is 1. The number of rotatable bonds is 10. The Morgan fingerprint density at radius 1 is 1.10 bits per heavy atom. The molecule has 0 spiro atoms. The van der Waals surface area contributed by atoms with E-state index in [4.69, 9.17) is 4.42 Å². The molecule has 0 fully saturated rings. The van der Waals surface area contributed by atoms with Gasteiger partial charge in [-0.3, -0.25) is 4.79 Å². The number of hydrogen-bond donors (Lipinski definition) is 2. The lowest BCUT2D eigenvalue weighted by atomic mass is 10.1. The van der Waals surface area contributed by atoms with Crippen LogP contribution in [0, 0.1) is 13.8 Å². The number of aliphatic imine (C=N–C) groups is 1. The van der Waals surface area contributed by atoms with Gasteiger partial charge >= 0.3 is 0 Å². The van der Waals surface area contributed by atoms with Crippen LogP contribution in [-0.4, -0.2) is 27.2 Å². The smallest absolute Gasteiger partial charge is 0.287 e. The molecule has 0 aliphatic heterocycles. The lowest BCUT2D eigenvalue weighted by molar-refractivity contribution is 0.102. The standard InChI is InChI=1S/C32H34N4O3S/c1-8-10-11-25(9-2)22(4)18-19-33-24(6)34-28-20-27(17-14-23(28)5)35-31(37)29-30(39-32(36-29)40(7)38)26-15-12-21(3)13-16-26/h8-20H,1,4H2,2-3,5-7H3,(H,33,34)(H,35,37)/b11-10-,19-18-,25-9+. The van der Waals surface area contributed by atoms with Crippen molar-refractivity contribution in [3.63, 3.8) is 0 Å². The summed E-state index contributed by atoms with van der Waals surface area (Å²) >= 11 is 0. The fourth-order valence-corrected chi connectivity index (χ4v) is 4.05. The van der Waals surface area contributed by atoms with Gasteiger partial charge in [-0.25, -0.2) is 9.20 Å². The van der Waals surface area contributed by atoms with Gasteiger partial charge in [0.2, 0.25) is 0 Å². The Balaban J connectivity index is 1.79.